The summed E-state index contributed by atoms with van der Waals surface area (Å²) < 4.78 is 27.7. The second-order valence-corrected chi connectivity index (χ2v) is 5.35. The third kappa shape index (κ3) is 8.09. The molecule has 0 spiro atoms. The minimum atomic E-state index is -0.507. The fraction of sp³-hybridized carbons (Fsp3) is 0.438. The number of esters is 1. The van der Waals surface area contributed by atoms with Crippen molar-refractivity contribution < 1.29 is 23.4 Å². The molecule has 0 bridgehead atoms. The van der Waals surface area contributed by atoms with Crippen molar-refractivity contribution in [3.63, 3.8) is 0 Å². The lowest BCUT2D eigenvalue weighted by molar-refractivity contribution is -0.160. The average molecular weight is 296 g/mol. The van der Waals surface area contributed by atoms with E-state index in [4.69, 9.17) is 14.2 Å². The fourth-order valence-corrected chi connectivity index (χ4v) is 1.49. The highest BCUT2D eigenvalue weighted by Crippen LogP contribution is 2.13. The second-order valence-electron chi connectivity index (χ2n) is 5.35. The van der Waals surface area contributed by atoms with Crippen molar-refractivity contribution in [2.24, 2.45) is 0 Å². The van der Waals surface area contributed by atoms with Gasteiger partial charge in [0.05, 0.1) is 12.9 Å². The molecule has 1 aromatic rings. The van der Waals surface area contributed by atoms with Crippen molar-refractivity contribution in [2.45, 2.75) is 26.4 Å². The van der Waals surface area contributed by atoms with E-state index in [0.717, 1.165) is 5.56 Å². The number of ether oxygens (including phenoxy) is 3. The normalized spacial score (nSPS) is 11.6. The number of benzene rings is 1. The van der Waals surface area contributed by atoms with Gasteiger partial charge in [0.2, 0.25) is 0 Å². The van der Waals surface area contributed by atoms with Gasteiger partial charge in [0.1, 0.15) is 24.6 Å². The molecule has 0 aromatic heterocycles. The van der Waals surface area contributed by atoms with Crippen molar-refractivity contribution in [3.05, 3.63) is 36.2 Å². The number of hydrogen-bond acceptors (Lipinski definition) is 4. The Labute approximate surface area is 124 Å². The van der Waals surface area contributed by atoms with E-state index in [9.17, 15) is 9.18 Å². The highest BCUT2D eigenvalue weighted by atomic mass is 19.1. The predicted octanol–water partition coefficient (Wildman–Crippen LogP) is 3.36. The third-order valence-corrected chi connectivity index (χ3v) is 2.27. The van der Waals surface area contributed by atoms with Crippen LogP contribution >= 0.6 is 0 Å². The summed E-state index contributed by atoms with van der Waals surface area (Å²) in [4.78, 5) is 11.4. The first kappa shape index (κ1) is 17.2. The highest BCUT2D eigenvalue weighted by Gasteiger charge is 2.15. The summed E-state index contributed by atoms with van der Waals surface area (Å²) in [5, 5.41) is 0. The van der Waals surface area contributed by atoms with Gasteiger partial charge < -0.3 is 14.2 Å². The lowest BCUT2D eigenvalue weighted by Crippen LogP contribution is -2.27. The molecule has 5 heteroatoms. The van der Waals surface area contributed by atoms with E-state index in [1.54, 1.807) is 45.0 Å². The SMILES string of the molecule is CC(C)(C)OC(=O)COCCOc1ccc(/C=C/F)cc1. The Morgan fingerprint density at radius 3 is 2.43 bits per heavy atom. The molecule has 0 radical (unpaired) electrons. The van der Waals surface area contributed by atoms with Crippen LogP contribution in [0.25, 0.3) is 6.08 Å². The van der Waals surface area contributed by atoms with Crippen molar-refractivity contribution in [2.75, 3.05) is 19.8 Å². The maximum atomic E-state index is 12.0. The van der Waals surface area contributed by atoms with Gasteiger partial charge in [-0.05, 0) is 44.5 Å². The largest absolute Gasteiger partial charge is 0.491 e. The Bertz CT molecular complexity index is 460. The van der Waals surface area contributed by atoms with E-state index < -0.39 is 11.6 Å². The van der Waals surface area contributed by atoms with E-state index >= 15 is 0 Å². The number of carbonyl (C=O) groups excluding carboxylic acids is 1. The van der Waals surface area contributed by atoms with Crippen molar-refractivity contribution in [3.8, 4) is 5.75 Å². The summed E-state index contributed by atoms with van der Waals surface area (Å²) in [6, 6.07) is 6.96. The lowest BCUT2D eigenvalue weighted by atomic mass is 10.2. The maximum absolute atomic E-state index is 12.0. The minimum absolute atomic E-state index is 0.0964. The Morgan fingerprint density at radius 2 is 1.86 bits per heavy atom. The summed E-state index contributed by atoms with van der Waals surface area (Å²) in [5.74, 6) is 0.261. The van der Waals surface area contributed by atoms with Crippen LogP contribution in [0.15, 0.2) is 30.6 Å². The van der Waals surface area contributed by atoms with Crippen LogP contribution in [0, 0.1) is 0 Å². The highest BCUT2D eigenvalue weighted by molar-refractivity contribution is 5.71. The molecule has 0 amide bonds. The van der Waals surface area contributed by atoms with Gasteiger partial charge in [0.15, 0.2) is 0 Å². The molecule has 0 fully saturated rings. The molecule has 1 rings (SSSR count). The number of rotatable bonds is 7. The fourth-order valence-electron chi connectivity index (χ4n) is 1.49. The monoisotopic (exact) mass is 296 g/mol. The van der Waals surface area contributed by atoms with E-state index in [1.165, 1.54) is 6.08 Å². The molecule has 21 heavy (non-hydrogen) atoms. The summed E-state index contributed by atoms with van der Waals surface area (Å²) in [5.41, 5.74) is 0.248. The molecular formula is C16H21FO4. The Morgan fingerprint density at radius 1 is 1.19 bits per heavy atom. The van der Waals surface area contributed by atoms with Crippen LogP contribution in [0.4, 0.5) is 4.39 Å². The van der Waals surface area contributed by atoms with Crippen LogP contribution in [0.5, 0.6) is 5.75 Å². The molecular weight excluding hydrogens is 275 g/mol. The minimum Gasteiger partial charge on any atom is -0.491 e. The Balaban J connectivity index is 2.18. The van der Waals surface area contributed by atoms with Gasteiger partial charge in [-0.1, -0.05) is 12.1 Å². The first-order valence-corrected chi connectivity index (χ1v) is 6.70. The second kappa shape index (κ2) is 8.42. The zero-order valence-corrected chi connectivity index (χ0v) is 12.6. The van der Waals surface area contributed by atoms with Crippen molar-refractivity contribution in [1.29, 1.82) is 0 Å². The van der Waals surface area contributed by atoms with Gasteiger partial charge in [0, 0.05) is 0 Å². The van der Waals surface area contributed by atoms with Gasteiger partial charge >= 0.3 is 5.97 Å². The molecule has 1 aromatic carbocycles. The predicted molar refractivity (Wildman–Crippen MR) is 78.7 cm³/mol. The first-order chi connectivity index (χ1) is 9.90. The standard InChI is InChI=1S/C16H21FO4/c1-16(2,3)21-15(18)12-19-10-11-20-14-6-4-13(5-7-14)8-9-17/h4-9H,10-12H2,1-3H3/b9-8+. The van der Waals surface area contributed by atoms with Gasteiger partial charge in [-0.15, -0.1) is 0 Å². The number of halogens is 1. The summed E-state index contributed by atoms with van der Waals surface area (Å²) in [6.07, 6.45) is 1.84. The van der Waals surface area contributed by atoms with Gasteiger partial charge in [0.25, 0.3) is 0 Å². The first-order valence-electron chi connectivity index (χ1n) is 6.70. The van der Waals surface area contributed by atoms with Crippen LogP contribution in [0.3, 0.4) is 0 Å². The van der Waals surface area contributed by atoms with Gasteiger partial charge in [-0.2, -0.15) is 0 Å². The molecule has 0 heterocycles. The van der Waals surface area contributed by atoms with Gasteiger partial charge in [-0.3, -0.25) is 0 Å². The zero-order valence-electron chi connectivity index (χ0n) is 12.6. The van der Waals surface area contributed by atoms with Crippen LogP contribution in [0.1, 0.15) is 26.3 Å². The molecule has 0 saturated heterocycles. The molecule has 0 saturated carbocycles. The van der Waals surface area contributed by atoms with E-state index in [0.29, 0.717) is 18.7 Å². The topological polar surface area (TPSA) is 44.8 Å². The molecule has 0 atom stereocenters. The third-order valence-electron chi connectivity index (χ3n) is 2.27. The van der Waals surface area contributed by atoms with E-state index in [1.807, 2.05) is 0 Å². The zero-order chi connectivity index (χ0) is 15.7. The molecule has 4 nitrogen and oxygen atoms in total. The molecule has 116 valence electrons. The van der Waals surface area contributed by atoms with E-state index in [-0.39, 0.29) is 13.2 Å². The van der Waals surface area contributed by atoms with E-state index in [2.05, 4.69) is 0 Å². The Hall–Kier alpha value is -1.88. The summed E-state index contributed by atoms with van der Waals surface area (Å²) in [6.45, 7) is 5.91. The molecule has 0 aliphatic rings. The van der Waals surface area contributed by atoms with Crippen molar-refractivity contribution in [1.82, 2.24) is 0 Å². The molecule has 0 aliphatic heterocycles. The number of hydrogen-bond donors (Lipinski definition) is 0. The smallest absolute Gasteiger partial charge is 0.332 e. The maximum Gasteiger partial charge on any atom is 0.332 e. The van der Waals surface area contributed by atoms with Crippen LogP contribution in [-0.2, 0) is 14.3 Å². The summed E-state index contributed by atoms with van der Waals surface area (Å²) >= 11 is 0. The Kier molecular flexibility index (Phi) is 6.88. The lowest BCUT2D eigenvalue weighted by Gasteiger charge is -2.19. The van der Waals surface area contributed by atoms with Crippen LogP contribution < -0.4 is 4.74 Å². The summed E-state index contributed by atoms with van der Waals surface area (Å²) in [7, 11) is 0. The quantitative estimate of drug-likeness (QED) is 0.571. The molecule has 0 unspecified atom stereocenters. The molecule has 0 aliphatic carbocycles. The van der Waals surface area contributed by atoms with Crippen LogP contribution in [0.2, 0.25) is 0 Å². The van der Waals surface area contributed by atoms with Crippen LogP contribution in [-0.4, -0.2) is 31.4 Å². The number of carbonyl (C=O) groups is 1. The molecule has 0 N–H and O–H groups in total. The van der Waals surface area contributed by atoms with Gasteiger partial charge in [-0.25, -0.2) is 9.18 Å². The average Bonchev–Trinajstić information content (AvgIpc) is 2.38. The van der Waals surface area contributed by atoms with Crippen molar-refractivity contribution >= 4 is 12.0 Å².